The molecule has 2 aromatic carbocycles. The minimum atomic E-state index is -4.19. The first kappa shape index (κ1) is 24.4. The smallest absolute Gasteiger partial charge is 0.257 e. The lowest BCUT2D eigenvalue weighted by atomic mass is 10.1. The third-order valence-electron chi connectivity index (χ3n) is 4.12. The number of hydrogen-bond donors (Lipinski definition) is 3. The lowest BCUT2D eigenvalue weighted by Crippen LogP contribution is -2.26. The number of hydrogen-bond acceptors (Lipinski definition) is 9. The summed E-state index contributed by atoms with van der Waals surface area (Å²) < 4.78 is 47.1. The minimum Gasteiger partial charge on any atom is -0.508 e. The molecule has 0 heterocycles. The zero-order chi connectivity index (χ0) is 23.9. The van der Waals surface area contributed by atoms with Crippen LogP contribution >= 0.6 is 0 Å². The first-order chi connectivity index (χ1) is 15.1. The summed E-state index contributed by atoms with van der Waals surface area (Å²) in [5.74, 6) is -0.376. The van der Waals surface area contributed by atoms with E-state index in [0.29, 0.717) is 5.56 Å². The van der Waals surface area contributed by atoms with E-state index in [2.05, 4.69) is 0 Å². The topological polar surface area (TPSA) is 141 Å². The lowest BCUT2D eigenvalue weighted by Gasteiger charge is -2.11. The third kappa shape index (κ3) is 6.08. The van der Waals surface area contributed by atoms with Crippen molar-refractivity contribution in [2.45, 2.75) is 0 Å². The number of carbonyl (C=O) groups is 1. The number of phenols is 2. The number of rotatable bonds is 9. The first-order valence-electron chi connectivity index (χ1n) is 8.97. The highest BCUT2D eigenvalue weighted by molar-refractivity contribution is 7.93. The van der Waals surface area contributed by atoms with Crippen molar-refractivity contribution in [2.24, 2.45) is 0 Å². The fraction of sp³-hybridized carbons (Fsp3) is 0.190. The second kappa shape index (κ2) is 10.4. The molecule has 0 radical (unpaired) electrons. The summed E-state index contributed by atoms with van der Waals surface area (Å²) in [6.07, 6.45) is 3.44. The van der Waals surface area contributed by atoms with Gasteiger partial charge < -0.3 is 29.2 Å². The Hall–Kier alpha value is -3.86. The largest absolute Gasteiger partial charge is 0.508 e. The zero-order valence-corrected chi connectivity index (χ0v) is 18.6. The van der Waals surface area contributed by atoms with Crippen LogP contribution < -0.4 is 23.7 Å². The van der Waals surface area contributed by atoms with Crippen LogP contribution in [0.2, 0.25) is 0 Å². The standard InChI is InChI=1S/C21H23NO9S/c1-28-17-9-13(23)10-18(29-2)15(17)5-6-21(25)22-32(26,27)8-7-16-19(30-3)11-14(24)12-20(16)31-4/h5-12,23-24H,1-4H3,(H,22,25). The van der Waals surface area contributed by atoms with Gasteiger partial charge in [-0.1, -0.05) is 0 Å². The van der Waals surface area contributed by atoms with E-state index in [0.717, 1.165) is 11.5 Å². The van der Waals surface area contributed by atoms with Gasteiger partial charge in [-0.15, -0.1) is 0 Å². The molecule has 3 N–H and O–H groups in total. The summed E-state index contributed by atoms with van der Waals surface area (Å²) in [4.78, 5) is 12.2. The molecular weight excluding hydrogens is 442 g/mol. The number of phenolic OH excluding ortho intramolecular Hbond substituents is 2. The van der Waals surface area contributed by atoms with Crippen molar-refractivity contribution in [3.63, 3.8) is 0 Å². The number of benzene rings is 2. The number of methoxy groups -OCH3 is 4. The number of aromatic hydroxyl groups is 2. The number of sulfonamides is 1. The van der Waals surface area contributed by atoms with Crippen LogP contribution in [0.4, 0.5) is 0 Å². The van der Waals surface area contributed by atoms with Crippen molar-refractivity contribution in [3.05, 3.63) is 46.9 Å². The molecule has 32 heavy (non-hydrogen) atoms. The van der Waals surface area contributed by atoms with Gasteiger partial charge in [0.1, 0.15) is 34.5 Å². The van der Waals surface area contributed by atoms with E-state index in [-0.39, 0.29) is 40.1 Å². The molecule has 0 saturated heterocycles. The fourth-order valence-corrected chi connectivity index (χ4v) is 3.44. The van der Waals surface area contributed by atoms with Crippen molar-refractivity contribution in [2.75, 3.05) is 28.4 Å². The van der Waals surface area contributed by atoms with Crippen LogP contribution in [0.1, 0.15) is 11.1 Å². The maximum atomic E-state index is 12.3. The predicted octanol–water partition coefficient (Wildman–Crippen LogP) is 2.26. The van der Waals surface area contributed by atoms with E-state index in [1.165, 1.54) is 64.9 Å². The van der Waals surface area contributed by atoms with Crippen LogP contribution in [0.25, 0.3) is 12.2 Å². The predicted molar refractivity (Wildman–Crippen MR) is 118 cm³/mol. The van der Waals surface area contributed by atoms with Gasteiger partial charge in [-0.3, -0.25) is 4.79 Å². The third-order valence-corrected chi connectivity index (χ3v) is 5.10. The summed E-state index contributed by atoms with van der Waals surface area (Å²) in [6.45, 7) is 0. The molecule has 2 rings (SSSR count). The van der Waals surface area contributed by atoms with Gasteiger partial charge in [0.05, 0.1) is 45.0 Å². The second-order valence-electron chi connectivity index (χ2n) is 6.18. The van der Waals surface area contributed by atoms with Crippen LogP contribution in [0.3, 0.4) is 0 Å². The molecule has 0 aliphatic heterocycles. The summed E-state index contributed by atoms with van der Waals surface area (Å²) in [6, 6.07) is 5.21. The van der Waals surface area contributed by atoms with Gasteiger partial charge in [0.25, 0.3) is 15.9 Å². The summed E-state index contributed by atoms with van der Waals surface area (Å²) in [7, 11) is 1.24. The molecule has 0 bridgehead atoms. The van der Waals surface area contributed by atoms with E-state index in [9.17, 15) is 23.4 Å². The molecule has 0 aromatic heterocycles. The van der Waals surface area contributed by atoms with Crippen LogP contribution in [0, 0.1) is 0 Å². The zero-order valence-electron chi connectivity index (χ0n) is 17.8. The summed E-state index contributed by atoms with van der Waals surface area (Å²) >= 11 is 0. The Morgan fingerprint density at radius 3 is 1.53 bits per heavy atom. The van der Waals surface area contributed by atoms with E-state index in [4.69, 9.17) is 18.9 Å². The second-order valence-corrected chi connectivity index (χ2v) is 7.74. The van der Waals surface area contributed by atoms with Crippen molar-refractivity contribution in [3.8, 4) is 34.5 Å². The molecule has 0 aliphatic rings. The van der Waals surface area contributed by atoms with Crippen LogP contribution in [-0.4, -0.2) is 53.0 Å². The Morgan fingerprint density at radius 1 is 0.781 bits per heavy atom. The molecule has 0 spiro atoms. The van der Waals surface area contributed by atoms with E-state index in [1.54, 1.807) is 0 Å². The normalized spacial score (nSPS) is 11.5. The van der Waals surface area contributed by atoms with Gasteiger partial charge in [0.2, 0.25) is 0 Å². The minimum absolute atomic E-state index is 0.104. The summed E-state index contributed by atoms with van der Waals surface area (Å²) in [5, 5.41) is 20.1. The van der Waals surface area contributed by atoms with Gasteiger partial charge in [-0.05, 0) is 12.2 Å². The van der Waals surface area contributed by atoms with Crippen LogP contribution in [0.15, 0.2) is 35.7 Å². The van der Waals surface area contributed by atoms with Crippen molar-refractivity contribution < 1.29 is 42.4 Å². The van der Waals surface area contributed by atoms with Crippen molar-refractivity contribution in [1.29, 1.82) is 0 Å². The maximum Gasteiger partial charge on any atom is 0.257 e. The summed E-state index contributed by atoms with van der Waals surface area (Å²) in [5.41, 5.74) is 0.578. The Labute approximate surface area is 185 Å². The quantitative estimate of drug-likeness (QED) is 0.476. The van der Waals surface area contributed by atoms with Gasteiger partial charge >= 0.3 is 0 Å². The van der Waals surface area contributed by atoms with E-state index < -0.39 is 15.9 Å². The number of amides is 1. The molecule has 0 saturated carbocycles. The SMILES string of the molecule is COc1cc(O)cc(OC)c1C=CC(=O)NS(=O)(=O)C=Cc1c(OC)cc(O)cc1OC. The molecule has 0 unspecified atom stereocenters. The number of ether oxygens (including phenoxy) is 4. The Kier molecular flexibility index (Phi) is 7.97. The fourth-order valence-electron chi connectivity index (χ4n) is 2.70. The molecule has 0 fully saturated rings. The Morgan fingerprint density at radius 2 is 1.16 bits per heavy atom. The molecule has 172 valence electrons. The lowest BCUT2D eigenvalue weighted by molar-refractivity contribution is -0.114. The molecule has 11 heteroatoms. The average Bonchev–Trinajstić information content (AvgIpc) is 2.75. The highest BCUT2D eigenvalue weighted by Gasteiger charge is 2.15. The van der Waals surface area contributed by atoms with Crippen LogP contribution in [-0.2, 0) is 14.8 Å². The maximum absolute atomic E-state index is 12.3. The van der Waals surface area contributed by atoms with Crippen molar-refractivity contribution >= 4 is 28.1 Å². The molecule has 1 amide bonds. The van der Waals surface area contributed by atoms with Crippen LogP contribution in [0.5, 0.6) is 34.5 Å². The van der Waals surface area contributed by atoms with Gasteiger partial charge in [-0.25, -0.2) is 13.1 Å². The Bertz CT molecular complexity index is 1100. The number of nitrogens with one attached hydrogen (secondary N) is 1. The van der Waals surface area contributed by atoms with E-state index >= 15 is 0 Å². The average molecular weight is 465 g/mol. The highest BCUT2D eigenvalue weighted by atomic mass is 32.2. The van der Waals surface area contributed by atoms with Gasteiger partial charge in [-0.2, -0.15) is 0 Å². The molecule has 2 aromatic rings. The molecular formula is C21H23NO9S. The van der Waals surface area contributed by atoms with Gasteiger partial charge in [0, 0.05) is 30.3 Å². The highest BCUT2D eigenvalue weighted by Crippen LogP contribution is 2.35. The van der Waals surface area contributed by atoms with E-state index in [1.807, 2.05) is 4.72 Å². The Balaban J connectivity index is 2.25. The monoisotopic (exact) mass is 465 g/mol. The molecule has 0 aliphatic carbocycles. The van der Waals surface area contributed by atoms with Gasteiger partial charge in [0.15, 0.2) is 0 Å². The first-order valence-corrected chi connectivity index (χ1v) is 10.5. The van der Waals surface area contributed by atoms with Crippen molar-refractivity contribution in [1.82, 2.24) is 4.72 Å². The molecule has 0 atom stereocenters. The number of carbonyl (C=O) groups excluding carboxylic acids is 1. The molecule has 10 nitrogen and oxygen atoms in total.